The van der Waals surface area contributed by atoms with Gasteiger partial charge in [-0.1, -0.05) is 282 Å². The molecule has 101 heavy (non-hydrogen) atoms. The fourth-order valence-electron chi connectivity index (χ4n) is 15.9. The van der Waals surface area contributed by atoms with Crippen molar-refractivity contribution in [1.29, 1.82) is 0 Å². The van der Waals surface area contributed by atoms with Crippen LogP contribution in [0.3, 0.4) is 0 Å². The molecule has 0 spiro atoms. The van der Waals surface area contributed by atoms with Crippen molar-refractivity contribution in [3.63, 3.8) is 0 Å². The van der Waals surface area contributed by atoms with E-state index < -0.39 is 0 Å². The van der Waals surface area contributed by atoms with E-state index in [1.165, 1.54) is 159 Å². The van der Waals surface area contributed by atoms with Crippen LogP contribution < -0.4 is 26.2 Å². The predicted molar refractivity (Wildman–Crippen MR) is 442 cm³/mol. The van der Waals surface area contributed by atoms with E-state index in [-0.39, 0.29) is 39.2 Å². The van der Waals surface area contributed by atoms with Gasteiger partial charge >= 0.3 is 0 Å². The van der Waals surface area contributed by atoms with Gasteiger partial charge in [-0.25, -0.2) is 0 Å². The number of benzene rings is 12. The first-order chi connectivity index (χ1) is 47.9. The molecule has 4 heterocycles. The second-order valence-corrected chi connectivity index (χ2v) is 36.2. The Bertz CT molecular complexity index is 5480. The molecular weight excluding hydrogens is 1240 g/mol. The van der Waals surface area contributed by atoms with E-state index in [4.69, 9.17) is 0 Å². The van der Waals surface area contributed by atoms with Gasteiger partial charge in [0.2, 0.25) is 0 Å². The number of thiophene rings is 1. The molecule has 2 aromatic heterocycles. The van der Waals surface area contributed by atoms with Crippen LogP contribution in [-0.4, -0.2) is 11.3 Å². The maximum absolute atomic E-state index is 2.75. The Hall–Kier alpha value is -9.68. The highest BCUT2D eigenvalue weighted by Gasteiger charge is 2.46. The molecule has 0 fully saturated rings. The van der Waals surface area contributed by atoms with Crippen molar-refractivity contribution in [2.24, 2.45) is 0 Å². The number of fused-ring (bicyclic) bond motifs is 10. The number of anilines is 6. The van der Waals surface area contributed by atoms with Crippen molar-refractivity contribution in [2.75, 3.05) is 9.80 Å². The molecule has 2 aliphatic heterocycles. The van der Waals surface area contributed by atoms with Crippen molar-refractivity contribution in [3.05, 3.63) is 276 Å². The maximum Gasteiger partial charge on any atom is 0.252 e. The Balaban J connectivity index is 1.09. The Morgan fingerprint density at radius 3 is 1.24 bits per heavy atom. The number of nitrogens with zero attached hydrogens (tertiary/aromatic N) is 3. The summed E-state index contributed by atoms with van der Waals surface area (Å²) < 4.78 is 5.12. The van der Waals surface area contributed by atoms with Crippen LogP contribution >= 0.6 is 11.3 Å². The minimum absolute atomic E-state index is 0.0448. The van der Waals surface area contributed by atoms with Gasteiger partial charge in [0.05, 0.1) is 22.4 Å². The van der Waals surface area contributed by atoms with Crippen molar-refractivity contribution in [3.8, 4) is 50.2 Å². The average molecular weight is 1330 g/mol. The van der Waals surface area contributed by atoms with E-state index in [0.717, 1.165) is 17.1 Å². The van der Waals surface area contributed by atoms with E-state index in [2.05, 4.69) is 382 Å². The van der Waals surface area contributed by atoms with Crippen LogP contribution in [0, 0.1) is 0 Å². The summed E-state index contributed by atoms with van der Waals surface area (Å²) in [6, 6.07) is 94.9. The highest BCUT2D eigenvalue weighted by molar-refractivity contribution is 7.26. The smallest absolute Gasteiger partial charge is 0.252 e. The predicted octanol–water partition coefficient (Wildman–Crippen LogP) is 25.7. The molecular formula is C96H94BN3S. The Labute approximate surface area is 604 Å². The molecule has 0 unspecified atom stereocenters. The number of rotatable bonds is 7. The Morgan fingerprint density at radius 1 is 0.277 bits per heavy atom. The number of hydrogen-bond acceptors (Lipinski definition) is 3. The van der Waals surface area contributed by atoms with Crippen LogP contribution in [0.4, 0.5) is 34.1 Å². The summed E-state index contributed by atoms with van der Waals surface area (Å²) in [7, 11) is 0. The molecule has 0 N–H and O–H groups in total. The minimum Gasteiger partial charge on any atom is -0.311 e. The molecule has 2 aliphatic rings. The van der Waals surface area contributed by atoms with Gasteiger partial charge < -0.3 is 14.4 Å². The van der Waals surface area contributed by atoms with Crippen LogP contribution in [0.5, 0.6) is 0 Å². The fraction of sp³-hybridized carbons (Fsp3) is 0.250. The van der Waals surface area contributed by atoms with Crippen molar-refractivity contribution in [2.45, 2.75) is 157 Å². The largest absolute Gasteiger partial charge is 0.311 e. The van der Waals surface area contributed by atoms with Gasteiger partial charge in [0, 0.05) is 70.5 Å². The highest BCUT2D eigenvalue weighted by Crippen LogP contribution is 2.55. The molecule has 3 nitrogen and oxygen atoms in total. The van der Waals surface area contributed by atoms with Crippen LogP contribution in [0.2, 0.25) is 0 Å². The number of hydrogen-bond donors (Lipinski definition) is 0. The molecule has 14 aromatic rings. The topological polar surface area (TPSA) is 11.4 Å². The molecule has 502 valence electrons. The summed E-state index contributed by atoms with van der Waals surface area (Å²) in [5, 5.41) is 5.08. The lowest BCUT2D eigenvalue weighted by Crippen LogP contribution is -2.61. The first kappa shape index (κ1) is 65.9. The third kappa shape index (κ3) is 11.3. The first-order valence-corrected chi connectivity index (χ1v) is 37.3. The molecule has 0 bridgehead atoms. The summed E-state index contributed by atoms with van der Waals surface area (Å²) in [6.45, 7) is 42.3. The standard InChI is InChI=1S/C96H94BN3S/c1-91(2,3)65-39-44-79-75(52-65)76-53-66(92(4,5)6)40-45-80(76)98(79)71-41-43-78-82(58-71)100(90-73(60-32-24-20-25-33-60)54-69(95(13,14)15)55-74(90)61-34-26-21-27-35-61)85-57-70(96(16,17)18)56-84-89(85)97(78)77-42-38-62(63-46-67(93(7,8)9)51-68(47-63)94(10,11)12)48-81(77)99(84)83-49-64(59-30-22-19-23-31-59)50-87-88(83)72-36-28-29-37-86(72)101-87/h19-58H,1-18H3. The summed E-state index contributed by atoms with van der Waals surface area (Å²) >= 11 is 1.90. The quantitative estimate of drug-likeness (QED) is 0.147. The van der Waals surface area contributed by atoms with Crippen molar-refractivity contribution < 1.29 is 0 Å². The summed E-state index contributed by atoms with van der Waals surface area (Å²) in [4.78, 5) is 5.49. The fourth-order valence-corrected chi connectivity index (χ4v) is 17.1. The van der Waals surface area contributed by atoms with Crippen LogP contribution in [0.15, 0.2) is 243 Å². The third-order valence-corrected chi connectivity index (χ3v) is 23.0. The lowest BCUT2D eigenvalue weighted by molar-refractivity contribution is 0.569. The van der Waals surface area contributed by atoms with Crippen LogP contribution in [0.25, 0.3) is 92.2 Å². The van der Waals surface area contributed by atoms with Crippen LogP contribution in [-0.2, 0) is 32.5 Å². The lowest BCUT2D eigenvalue weighted by Gasteiger charge is -2.46. The van der Waals surface area contributed by atoms with Gasteiger partial charge in [-0.3, -0.25) is 0 Å². The Kier molecular flexibility index (Phi) is 15.3. The third-order valence-electron chi connectivity index (χ3n) is 21.8. The molecule has 5 heteroatoms. The highest BCUT2D eigenvalue weighted by atomic mass is 32.1. The van der Waals surface area contributed by atoms with E-state index in [0.29, 0.717) is 0 Å². The summed E-state index contributed by atoms with van der Waals surface area (Å²) in [5.41, 5.74) is 31.1. The van der Waals surface area contributed by atoms with Gasteiger partial charge in [0.1, 0.15) is 0 Å². The molecule has 0 saturated carbocycles. The molecule has 0 radical (unpaired) electrons. The molecule has 0 atom stereocenters. The Morgan fingerprint density at radius 2 is 0.713 bits per heavy atom. The van der Waals surface area contributed by atoms with Gasteiger partial charge in [0.25, 0.3) is 6.71 Å². The second kappa shape index (κ2) is 23.4. The molecule has 0 saturated heterocycles. The molecule has 12 aromatic carbocycles. The zero-order valence-corrected chi connectivity index (χ0v) is 63.2. The normalized spacial score (nSPS) is 13.6. The molecule has 16 rings (SSSR count). The van der Waals surface area contributed by atoms with E-state index in [1.807, 2.05) is 11.3 Å². The lowest BCUT2D eigenvalue weighted by atomic mass is 9.33. The zero-order valence-electron chi connectivity index (χ0n) is 62.4. The van der Waals surface area contributed by atoms with Gasteiger partial charge in [-0.15, -0.1) is 11.3 Å². The molecule has 0 amide bonds. The maximum atomic E-state index is 2.75. The second-order valence-electron chi connectivity index (χ2n) is 35.1. The van der Waals surface area contributed by atoms with E-state index in [1.54, 1.807) is 0 Å². The van der Waals surface area contributed by atoms with Gasteiger partial charge in [-0.05, 0) is 201 Å². The monoisotopic (exact) mass is 1330 g/mol. The minimum atomic E-state index is -0.295. The summed E-state index contributed by atoms with van der Waals surface area (Å²) in [6.07, 6.45) is 0. The number of aromatic nitrogens is 1. The van der Waals surface area contributed by atoms with E-state index >= 15 is 0 Å². The van der Waals surface area contributed by atoms with Crippen molar-refractivity contribution in [1.82, 2.24) is 4.57 Å². The first-order valence-electron chi connectivity index (χ1n) is 36.5. The summed E-state index contributed by atoms with van der Waals surface area (Å²) in [5.74, 6) is 0. The zero-order chi connectivity index (χ0) is 70.8. The van der Waals surface area contributed by atoms with Crippen molar-refractivity contribution >= 4 is 111 Å². The SMILES string of the molecule is CC(C)(C)c1cc(-c2ccc3c(c2)N(c2cc(-c4ccccc4)cc4sc5ccccc5c24)c2cc(C(C)(C)C)cc4c2B3c2ccc(-n3c5ccc(C(C)(C)C)cc5c5cc(C(C)(C)C)ccc53)cc2N4c2c(-c3ccccc3)cc(C(C)(C)C)cc2-c2ccccc2)cc(C(C)(C)C)c1. The molecule has 0 aliphatic carbocycles. The average Bonchev–Trinajstić information content (AvgIpc) is 0.944. The van der Waals surface area contributed by atoms with Gasteiger partial charge in [0.15, 0.2) is 0 Å². The van der Waals surface area contributed by atoms with Crippen LogP contribution in [0.1, 0.15) is 158 Å². The van der Waals surface area contributed by atoms with Gasteiger partial charge in [-0.2, -0.15) is 0 Å². The van der Waals surface area contributed by atoms with E-state index in [9.17, 15) is 0 Å².